The number of hydrogen-bond donors (Lipinski definition) is 2. The maximum absolute atomic E-state index is 10.9. The number of rotatable bonds is 1. The van der Waals surface area contributed by atoms with Crippen molar-refractivity contribution < 1.29 is 9.90 Å². The highest BCUT2D eigenvalue weighted by atomic mass is 16.3. The van der Waals surface area contributed by atoms with E-state index in [4.69, 9.17) is 5.73 Å². The van der Waals surface area contributed by atoms with E-state index in [1.807, 2.05) is 6.07 Å². The van der Waals surface area contributed by atoms with Crippen molar-refractivity contribution in [1.82, 2.24) is 0 Å². The van der Waals surface area contributed by atoms with E-state index in [0.717, 1.165) is 10.8 Å². The van der Waals surface area contributed by atoms with Gasteiger partial charge in [-0.1, -0.05) is 12.1 Å². The molecule has 3 nitrogen and oxygen atoms in total. The standard InChI is InChI=1S/C11H9NO2/c12-11(14)8-4-5-9-7(6-8)2-1-3-10(9)13/h1-6,13H,(H2,12,14). The monoisotopic (exact) mass is 187 g/mol. The SMILES string of the molecule is NC(=O)c1ccc2c(O)cccc2c1. The van der Waals surface area contributed by atoms with Crippen LogP contribution in [-0.2, 0) is 0 Å². The van der Waals surface area contributed by atoms with Crippen LogP contribution in [0.25, 0.3) is 10.8 Å². The summed E-state index contributed by atoms with van der Waals surface area (Å²) >= 11 is 0. The number of fused-ring (bicyclic) bond motifs is 1. The molecular weight excluding hydrogens is 178 g/mol. The molecule has 0 atom stereocenters. The Hall–Kier alpha value is -2.03. The number of hydrogen-bond acceptors (Lipinski definition) is 2. The molecule has 0 unspecified atom stereocenters. The van der Waals surface area contributed by atoms with Crippen LogP contribution >= 0.6 is 0 Å². The Morgan fingerprint density at radius 2 is 2.00 bits per heavy atom. The van der Waals surface area contributed by atoms with Crippen molar-refractivity contribution in [1.29, 1.82) is 0 Å². The third-order valence-electron chi connectivity index (χ3n) is 2.14. The molecule has 0 aliphatic rings. The number of phenols is 1. The van der Waals surface area contributed by atoms with E-state index in [9.17, 15) is 9.90 Å². The van der Waals surface area contributed by atoms with Crippen LogP contribution in [0.1, 0.15) is 10.4 Å². The Balaban J connectivity index is 2.73. The zero-order valence-electron chi connectivity index (χ0n) is 7.40. The lowest BCUT2D eigenvalue weighted by Crippen LogP contribution is -2.10. The minimum atomic E-state index is -0.463. The lowest BCUT2D eigenvalue weighted by atomic mass is 10.1. The first-order valence-corrected chi connectivity index (χ1v) is 4.20. The molecule has 0 spiro atoms. The third-order valence-corrected chi connectivity index (χ3v) is 2.14. The molecule has 0 aliphatic heterocycles. The van der Waals surface area contributed by atoms with Crippen LogP contribution in [0, 0.1) is 0 Å². The minimum Gasteiger partial charge on any atom is -0.507 e. The Bertz CT molecular complexity index is 506. The number of carbonyl (C=O) groups excluding carboxylic acids is 1. The average Bonchev–Trinajstić information content (AvgIpc) is 2.17. The van der Waals surface area contributed by atoms with Crippen LogP contribution in [0.5, 0.6) is 5.75 Å². The molecule has 0 aliphatic carbocycles. The van der Waals surface area contributed by atoms with Gasteiger partial charge in [-0.3, -0.25) is 4.79 Å². The molecule has 1 amide bonds. The van der Waals surface area contributed by atoms with Gasteiger partial charge in [-0.15, -0.1) is 0 Å². The maximum atomic E-state index is 10.9. The van der Waals surface area contributed by atoms with Gasteiger partial charge in [0.2, 0.25) is 5.91 Å². The Labute approximate surface area is 80.8 Å². The molecule has 0 aromatic heterocycles. The number of amides is 1. The van der Waals surface area contributed by atoms with Crippen LogP contribution in [0.15, 0.2) is 36.4 Å². The summed E-state index contributed by atoms with van der Waals surface area (Å²) in [5, 5.41) is 11.0. The van der Waals surface area contributed by atoms with E-state index in [2.05, 4.69) is 0 Å². The van der Waals surface area contributed by atoms with Crippen molar-refractivity contribution >= 4 is 16.7 Å². The molecule has 3 heteroatoms. The topological polar surface area (TPSA) is 63.3 Å². The van der Waals surface area contributed by atoms with Gasteiger partial charge in [0.1, 0.15) is 5.75 Å². The predicted molar refractivity (Wildman–Crippen MR) is 54.1 cm³/mol. The summed E-state index contributed by atoms with van der Waals surface area (Å²) in [6, 6.07) is 10.1. The third kappa shape index (κ3) is 1.29. The van der Waals surface area contributed by atoms with Crippen molar-refractivity contribution in [2.75, 3.05) is 0 Å². The number of phenolic OH excluding ortho intramolecular Hbond substituents is 1. The van der Waals surface area contributed by atoms with Crippen molar-refractivity contribution in [3.05, 3.63) is 42.0 Å². The fraction of sp³-hybridized carbons (Fsp3) is 0. The lowest BCUT2D eigenvalue weighted by Gasteiger charge is -2.01. The highest BCUT2D eigenvalue weighted by molar-refractivity contribution is 5.98. The van der Waals surface area contributed by atoms with Crippen molar-refractivity contribution in [3.8, 4) is 5.75 Å². The Morgan fingerprint density at radius 3 is 2.71 bits per heavy atom. The molecule has 0 heterocycles. The molecule has 2 aromatic rings. The summed E-state index contributed by atoms with van der Waals surface area (Å²) < 4.78 is 0. The fourth-order valence-corrected chi connectivity index (χ4v) is 1.42. The van der Waals surface area contributed by atoms with Crippen LogP contribution in [0.4, 0.5) is 0 Å². The zero-order chi connectivity index (χ0) is 10.1. The van der Waals surface area contributed by atoms with E-state index in [0.29, 0.717) is 5.56 Å². The normalized spacial score (nSPS) is 10.3. The number of primary amides is 1. The fourth-order valence-electron chi connectivity index (χ4n) is 1.42. The van der Waals surface area contributed by atoms with E-state index >= 15 is 0 Å². The van der Waals surface area contributed by atoms with E-state index in [1.165, 1.54) is 0 Å². The molecule has 0 bridgehead atoms. The minimum absolute atomic E-state index is 0.207. The zero-order valence-corrected chi connectivity index (χ0v) is 7.40. The number of aromatic hydroxyl groups is 1. The summed E-state index contributed by atoms with van der Waals surface area (Å²) in [6.07, 6.45) is 0. The lowest BCUT2D eigenvalue weighted by molar-refractivity contribution is 0.100. The van der Waals surface area contributed by atoms with Gasteiger partial charge in [0.05, 0.1) is 0 Å². The van der Waals surface area contributed by atoms with Crippen molar-refractivity contribution in [2.24, 2.45) is 5.73 Å². The van der Waals surface area contributed by atoms with Crippen molar-refractivity contribution in [3.63, 3.8) is 0 Å². The summed E-state index contributed by atoms with van der Waals surface area (Å²) in [4.78, 5) is 10.9. The molecule has 70 valence electrons. The molecule has 0 saturated heterocycles. The van der Waals surface area contributed by atoms with Gasteiger partial charge < -0.3 is 10.8 Å². The van der Waals surface area contributed by atoms with E-state index in [-0.39, 0.29) is 5.75 Å². The Morgan fingerprint density at radius 1 is 1.21 bits per heavy atom. The molecule has 14 heavy (non-hydrogen) atoms. The van der Waals surface area contributed by atoms with Crippen LogP contribution in [0.2, 0.25) is 0 Å². The summed E-state index contributed by atoms with van der Waals surface area (Å²) in [6.45, 7) is 0. The van der Waals surface area contributed by atoms with Gasteiger partial charge in [-0.05, 0) is 29.7 Å². The maximum Gasteiger partial charge on any atom is 0.248 e. The highest BCUT2D eigenvalue weighted by Gasteiger charge is 2.03. The molecule has 2 rings (SSSR count). The summed E-state index contributed by atoms with van der Waals surface area (Å²) in [5.41, 5.74) is 5.59. The van der Waals surface area contributed by atoms with E-state index < -0.39 is 5.91 Å². The number of carbonyl (C=O) groups is 1. The van der Waals surface area contributed by atoms with Gasteiger partial charge in [0.15, 0.2) is 0 Å². The first kappa shape index (κ1) is 8.56. The van der Waals surface area contributed by atoms with Crippen LogP contribution in [-0.4, -0.2) is 11.0 Å². The summed E-state index contributed by atoms with van der Waals surface area (Å²) in [5.74, 6) is -0.256. The van der Waals surface area contributed by atoms with Crippen molar-refractivity contribution in [2.45, 2.75) is 0 Å². The number of benzene rings is 2. The summed E-state index contributed by atoms with van der Waals surface area (Å²) in [7, 11) is 0. The quantitative estimate of drug-likeness (QED) is 0.712. The smallest absolute Gasteiger partial charge is 0.248 e. The number of nitrogens with two attached hydrogens (primary N) is 1. The van der Waals surface area contributed by atoms with Gasteiger partial charge in [-0.25, -0.2) is 0 Å². The first-order valence-electron chi connectivity index (χ1n) is 4.20. The molecule has 0 radical (unpaired) electrons. The van der Waals surface area contributed by atoms with Gasteiger partial charge >= 0.3 is 0 Å². The van der Waals surface area contributed by atoms with Gasteiger partial charge in [0.25, 0.3) is 0 Å². The predicted octanol–water partition coefficient (Wildman–Crippen LogP) is 1.64. The van der Waals surface area contributed by atoms with Crippen LogP contribution in [0.3, 0.4) is 0 Å². The second kappa shape index (κ2) is 3.03. The average molecular weight is 187 g/mol. The second-order valence-corrected chi connectivity index (χ2v) is 3.08. The molecular formula is C11H9NO2. The first-order chi connectivity index (χ1) is 6.68. The molecule has 3 N–H and O–H groups in total. The van der Waals surface area contributed by atoms with Gasteiger partial charge in [0, 0.05) is 10.9 Å². The van der Waals surface area contributed by atoms with Gasteiger partial charge in [-0.2, -0.15) is 0 Å². The molecule has 2 aromatic carbocycles. The molecule has 0 fully saturated rings. The second-order valence-electron chi connectivity index (χ2n) is 3.08. The van der Waals surface area contributed by atoms with Crippen LogP contribution < -0.4 is 5.73 Å². The Kier molecular flexibility index (Phi) is 1.85. The largest absolute Gasteiger partial charge is 0.507 e. The molecule has 0 saturated carbocycles. The van der Waals surface area contributed by atoms with E-state index in [1.54, 1.807) is 30.3 Å². The highest BCUT2D eigenvalue weighted by Crippen LogP contribution is 2.24.